The zero-order valence-corrected chi connectivity index (χ0v) is 13.2. The van der Waals surface area contributed by atoms with Gasteiger partial charge in [-0.05, 0) is 37.6 Å². The second-order valence-corrected chi connectivity index (χ2v) is 5.79. The quantitative estimate of drug-likeness (QED) is 0.632. The van der Waals surface area contributed by atoms with Gasteiger partial charge in [-0.25, -0.2) is 0 Å². The second kappa shape index (κ2) is 6.74. The number of rotatable bonds is 6. The molecule has 0 saturated heterocycles. The summed E-state index contributed by atoms with van der Waals surface area (Å²) in [6, 6.07) is 10.9. The Hall–Kier alpha value is -1.85. The van der Waals surface area contributed by atoms with Crippen molar-refractivity contribution in [3.8, 4) is 0 Å². The maximum Gasteiger partial charge on any atom is 0.0644 e. The Morgan fingerprint density at radius 2 is 2.05 bits per heavy atom. The predicted molar refractivity (Wildman–Crippen MR) is 87.1 cm³/mol. The lowest BCUT2D eigenvalue weighted by Gasteiger charge is -2.19. The van der Waals surface area contributed by atoms with E-state index in [-0.39, 0.29) is 6.04 Å². The molecule has 114 valence electrons. The Morgan fingerprint density at radius 3 is 2.62 bits per heavy atom. The topological polar surface area (TPSA) is 59.1 Å². The molecule has 0 radical (unpaired) electrons. The van der Waals surface area contributed by atoms with Crippen molar-refractivity contribution >= 4 is 5.69 Å². The first-order valence-electron chi connectivity index (χ1n) is 7.28. The number of nitrogens with two attached hydrogens (primary N) is 1. The highest BCUT2D eigenvalue weighted by molar-refractivity contribution is 5.48. The Morgan fingerprint density at radius 1 is 1.29 bits per heavy atom. The molecule has 21 heavy (non-hydrogen) atoms. The Bertz CT molecular complexity index is 574. The van der Waals surface area contributed by atoms with Crippen molar-refractivity contribution in [3.63, 3.8) is 0 Å². The molecule has 0 aliphatic carbocycles. The minimum absolute atomic E-state index is 0.0559. The predicted octanol–water partition coefficient (Wildman–Crippen LogP) is 2.28. The summed E-state index contributed by atoms with van der Waals surface area (Å²) in [4.78, 5) is 2.09. The number of hydrogen-bond acceptors (Lipinski definition) is 4. The van der Waals surface area contributed by atoms with Crippen LogP contribution in [-0.2, 0) is 6.42 Å². The van der Waals surface area contributed by atoms with E-state index < -0.39 is 0 Å². The highest BCUT2D eigenvalue weighted by Gasteiger charge is 2.13. The summed E-state index contributed by atoms with van der Waals surface area (Å²) in [6.07, 6.45) is 2.79. The number of nitrogens with one attached hydrogen (secondary N) is 1. The van der Waals surface area contributed by atoms with Crippen molar-refractivity contribution in [3.05, 3.63) is 47.8 Å². The third kappa shape index (κ3) is 3.83. The van der Waals surface area contributed by atoms with Gasteiger partial charge in [0.2, 0.25) is 0 Å². The number of nitrogens with zero attached hydrogens (tertiary/aromatic N) is 3. The largest absolute Gasteiger partial charge is 0.378 e. The molecule has 0 spiro atoms. The first kappa shape index (κ1) is 15.5. The summed E-state index contributed by atoms with van der Waals surface area (Å²) in [6.45, 7) is 4.24. The fraction of sp³-hybridized carbons (Fsp3) is 0.438. The number of benzene rings is 1. The van der Waals surface area contributed by atoms with Gasteiger partial charge in [-0.1, -0.05) is 12.1 Å². The Labute approximate surface area is 126 Å². The van der Waals surface area contributed by atoms with Gasteiger partial charge in [-0.15, -0.1) is 0 Å². The fourth-order valence-corrected chi connectivity index (χ4v) is 2.28. The summed E-state index contributed by atoms with van der Waals surface area (Å²) in [5.41, 5.74) is 6.28. The molecular formula is C16H25N5. The molecule has 3 N–H and O–H groups in total. The number of anilines is 1. The molecule has 2 rings (SSSR count). The minimum Gasteiger partial charge on any atom is -0.378 e. The Balaban J connectivity index is 2.17. The van der Waals surface area contributed by atoms with Gasteiger partial charge >= 0.3 is 0 Å². The lowest BCUT2D eigenvalue weighted by molar-refractivity contribution is 0.507. The summed E-state index contributed by atoms with van der Waals surface area (Å²) in [5.74, 6) is 5.75. The maximum atomic E-state index is 5.75. The summed E-state index contributed by atoms with van der Waals surface area (Å²) in [5, 5.41) is 4.59. The van der Waals surface area contributed by atoms with E-state index in [0.29, 0.717) is 6.04 Å². The number of hydrogen-bond donors (Lipinski definition) is 2. The molecule has 1 aromatic heterocycles. The Kier molecular flexibility index (Phi) is 4.98. The van der Waals surface area contributed by atoms with E-state index in [9.17, 15) is 0 Å². The average molecular weight is 287 g/mol. The SMILES string of the molecule is CC(C)n1ccc(CC(NN)c2cccc(N(C)C)c2)n1. The van der Waals surface area contributed by atoms with Crippen molar-refractivity contribution in [2.75, 3.05) is 19.0 Å². The maximum absolute atomic E-state index is 5.75. The van der Waals surface area contributed by atoms with Crippen LogP contribution in [0.15, 0.2) is 36.5 Å². The number of aromatic nitrogens is 2. The molecule has 0 aliphatic heterocycles. The molecule has 1 atom stereocenters. The van der Waals surface area contributed by atoms with Crippen LogP contribution in [0.4, 0.5) is 5.69 Å². The molecule has 1 heterocycles. The van der Waals surface area contributed by atoms with Gasteiger partial charge in [-0.3, -0.25) is 16.0 Å². The van der Waals surface area contributed by atoms with Gasteiger partial charge in [0, 0.05) is 38.4 Å². The summed E-state index contributed by atoms with van der Waals surface area (Å²) < 4.78 is 1.97. The molecule has 1 unspecified atom stereocenters. The first-order chi connectivity index (χ1) is 10.0. The minimum atomic E-state index is 0.0559. The first-order valence-corrected chi connectivity index (χ1v) is 7.28. The van der Waals surface area contributed by atoms with Crippen molar-refractivity contribution in [1.82, 2.24) is 15.2 Å². The van der Waals surface area contributed by atoms with Crippen molar-refractivity contribution in [2.24, 2.45) is 5.84 Å². The van der Waals surface area contributed by atoms with E-state index in [2.05, 4.69) is 59.6 Å². The van der Waals surface area contributed by atoms with Crippen LogP contribution in [0.1, 0.15) is 37.2 Å². The molecule has 5 nitrogen and oxygen atoms in total. The second-order valence-electron chi connectivity index (χ2n) is 5.79. The number of hydrazine groups is 1. The lowest BCUT2D eigenvalue weighted by Crippen LogP contribution is -2.30. The van der Waals surface area contributed by atoms with Crippen LogP contribution >= 0.6 is 0 Å². The third-order valence-corrected chi connectivity index (χ3v) is 3.60. The monoisotopic (exact) mass is 287 g/mol. The standard InChI is InChI=1S/C16H25N5/c1-12(2)21-9-8-14(19-21)11-16(18-17)13-6-5-7-15(10-13)20(3)4/h5-10,12,16,18H,11,17H2,1-4H3. The van der Waals surface area contributed by atoms with Crippen molar-refractivity contribution in [2.45, 2.75) is 32.4 Å². The summed E-state index contributed by atoms with van der Waals surface area (Å²) >= 11 is 0. The van der Waals surface area contributed by atoms with E-state index in [0.717, 1.165) is 12.1 Å². The van der Waals surface area contributed by atoms with Crippen molar-refractivity contribution < 1.29 is 0 Å². The van der Waals surface area contributed by atoms with Crippen LogP contribution < -0.4 is 16.2 Å². The molecular weight excluding hydrogens is 262 g/mol. The van der Waals surface area contributed by atoms with E-state index in [1.54, 1.807) is 0 Å². The molecule has 5 heteroatoms. The summed E-state index contributed by atoms with van der Waals surface area (Å²) in [7, 11) is 4.07. The molecule has 2 aromatic rings. The molecule has 1 aromatic carbocycles. The van der Waals surface area contributed by atoms with E-state index >= 15 is 0 Å². The van der Waals surface area contributed by atoms with Gasteiger partial charge in [0.05, 0.1) is 11.7 Å². The van der Waals surface area contributed by atoms with Gasteiger partial charge in [0.15, 0.2) is 0 Å². The average Bonchev–Trinajstić information content (AvgIpc) is 2.93. The molecule has 0 fully saturated rings. The molecule has 0 bridgehead atoms. The van der Waals surface area contributed by atoms with Crippen LogP contribution in [0.2, 0.25) is 0 Å². The van der Waals surface area contributed by atoms with E-state index in [4.69, 9.17) is 5.84 Å². The zero-order valence-electron chi connectivity index (χ0n) is 13.2. The fourth-order valence-electron chi connectivity index (χ4n) is 2.28. The van der Waals surface area contributed by atoms with E-state index in [1.807, 2.05) is 25.0 Å². The molecule has 0 saturated carbocycles. The third-order valence-electron chi connectivity index (χ3n) is 3.60. The van der Waals surface area contributed by atoms with Crippen LogP contribution in [-0.4, -0.2) is 23.9 Å². The van der Waals surface area contributed by atoms with Gasteiger partial charge in [0.1, 0.15) is 0 Å². The van der Waals surface area contributed by atoms with Gasteiger partial charge < -0.3 is 4.90 Å². The smallest absolute Gasteiger partial charge is 0.0644 e. The zero-order chi connectivity index (χ0) is 15.4. The van der Waals surface area contributed by atoms with Crippen LogP contribution in [0.25, 0.3) is 0 Å². The molecule has 0 amide bonds. The highest BCUT2D eigenvalue weighted by atomic mass is 15.3. The highest BCUT2D eigenvalue weighted by Crippen LogP contribution is 2.22. The van der Waals surface area contributed by atoms with Crippen LogP contribution in [0.5, 0.6) is 0 Å². The van der Waals surface area contributed by atoms with Crippen molar-refractivity contribution in [1.29, 1.82) is 0 Å². The van der Waals surface area contributed by atoms with Gasteiger partial charge in [0.25, 0.3) is 0 Å². The van der Waals surface area contributed by atoms with Crippen LogP contribution in [0.3, 0.4) is 0 Å². The lowest BCUT2D eigenvalue weighted by atomic mass is 10.0. The van der Waals surface area contributed by atoms with Gasteiger partial charge in [-0.2, -0.15) is 5.10 Å². The van der Waals surface area contributed by atoms with Crippen LogP contribution in [0, 0.1) is 0 Å². The van der Waals surface area contributed by atoms with E-state index in [1.165, 1.54) is 11.3 Å². The normalized spacial score (nSPS) is 12.7. The molecule has 0 aliphatic rings.